The Labute approximate surface area is 387 Å². The molecule has 0 unspecified atom stereocenters. The van der Waals surface area contributed by atoms with Crippen molar-refractivity contribution >= 4 is 91.7 Å². The molecular formula is C64H41NS. The molecule has 12 aromatic carbocycles. The van der Waals surface area contributed by atoms with Crippen LogP contribution in [0.1, 0.15) is 0 Å². The lowest BCUT2D eigenvalue weighted by molar-refractivity contribution is 1.28. The summed E-state index contributed by atoms with van der Waals surface area (Å²) in [7, 11) is 0. The van der Waals surface area contributed by atoms with Crippen LogP contribution in [0.4, 0.5) is 17.1 Å². The molecule has 13 aromatic rings. The van der Waals surface area contributed by atoms with Gasteiger partial charge in [0.2, 0.25) is 0 Å². The molecule has 1 heterocycles. The number of anilines is 3. The highest BCUT2D eigenvalue weighted by Crippen LogP contribution is 2.44. The molecule has 0 N–H and O–H groups in total. The van der Waals surface area contributed by atoms with Crippen molar-refractivity contribution in [2.45, 2.75) is 0 Å². The molecule has 66 heavy (non-hydrogen) atoms. The molecule has 0 radical (unpaired) electrons. The predicted octanol–water partition coefficient (Wildman–Crippen LogP) is 18.8. The Bertz CT molecular complexity index is 3950. The molecule has 2 heteroatoms. The molecule has 0 saturated heterocycles. The van der Waals surface area contributed by atoms with Crippen molar-refractivity contribution in [1.82, 2.24) is 0 Å². The zero-order valence-corrected chi connectivity index (χ0v) is 36.8. The van der Waals surface area contributed by atoms with Crippen molar-refractivity contribution in [3.63, 3.8) is 0 Å². The van der Waals surface area contributed by atoms with E-state index in [0.29, 0.717) is 0 Å². The topological polar surface area (TPSA) is 3.24 Å². The van der Waals surface area contributed by atoms with E-state index < -0.39 is 0 Å². The van der Waals surface area contributed by atoms with Crippen LogP contribution in [0.3, 0.4) is 0 Å². The first-order valence-electron chi connectivity index (χ1n) is 22.7. The third-order valence-electron chi connectivity index (χ3n) is 13.5. The number of nitrogens with zero attached hydrogens (tertiary/aromatic N) is 1. The van der Waals surface area contributed by atoms with Crippen LogP contribution >= 0.6 is 11.3 Å². The van der Waals surface area contributed by atoms with Gasteiger partial charge in [0.25, 0.3) is 0 Å². The maximum absolute atomic E-state index is 2.42. The van der Waals surface area contributed by atoms with Crippen LogP contribution in [-0.2, 0) is 0 Å². The highest BCUT2D eigenvalue weighted by Gasteiger charge is 2.19. The molecule has 0 bridgehead atoms. The predicted molar refractivity (Wildman–Crippen MR) is 286 cm³/mol. The zero-order chi connectivity index (χ0) is 43.6. The summed E-state index contributed by atoms with van der Waals surface area (Å²) in [5.41, 5.74) is 12.9. The lowest BCUT2D eigenvalue weighted by atomic mass is 9.92. The van der Waals surface area contributed by atoms with Crippen LogP contribution in [0.5, 0.6) is 0 Å². The fraction of sp³-hybridized carbons (Fsp3) is 0. The quantitative estimate of drug-likeness (QED) is 0.144. The van der Waals surface area contributed by atoms with E-state index in [-0.39, 0.29) is 0 Å². The number of hydrogen-bond donors (Lipinski definition) is 0. The van der Waals surface area contributed by atoms with Gasteiger partial charge in [-0.3, -0.25) is 0 Å². The fourth-order valence-corrected chi connectivity index (χ4v) is 11.4. The van der Waals surface area contributed by atoms with Gasteiger partial charge in [0.15, 0.2) is 0 Å². The van der Waals surface area contributed by atoms with Crippen LogP contribution in [0, 0.1) is 0 Å². The second-order valence-electron chi connectivity index (χ2n) is 17.2. The maximum atomic E-state index is 2.42. The molecule has 0 aliphatic carbocycles. The summed E-state index contributed by atoms with van der Waals surface area (Å²) in [5, 5.41) is 12.8. The highest BCUT2D eigenvalue weighted by atomic mass is 32.1. The summed E-state index contributed by atoms with van der Waals surface area (Å²) in [5.74, 6) is 0. The molecule has 0 spiro atoms. The Morgan fingerprint density at radius 2 is 0.697 bits per heavy atom. The number of hydrogen-bond acceptors (Lipinski definition) is 2. The average molecular weight is 856 g/mol. The van der Waals surface area contributed by atoms with Crippen LogP contribution < -0.4 is 4.90 Å². The van der Waals surface area contributed by atoms with E-state index in [9.17, 15) is 0 Å². The SMILES string of the molecule is c1cc(-c2ccccc2N(c2ccc(-c3ccc4sc5ccccc5c4c3)cc2)c2ccc(-c3ccc4c5ccccc5c5ccccc5c4c3)cc2)cc(-c2cccc3ccccc23)c1. The Morgan fingerprint density at radius 3 is 1.39 bits per heavy atom. The van der Waals surface area contributed by atoms with E-state index in [2.05, 4.69) is 254 Å². The Balaban J connectivity index is 0.932. The largest absolute Gasteiger partial charge is 0.310 e. The summed E-state index contributed by atoms with van der Waals surface area (Å²) in [6.45, 7) is 0. The van der Waals surface area contributed by atoms with Crippen molar-refractivity contribution in [1.29, 1.82) is 0 Å². The van der Waals surface area contributed by atoms with Gasteiger partial charge in [0.05, 0.1) is 5.69 Å². The second kappa shape index (κ2) is 15.7. The van der Waals surface area contributed by atoms with Gasteiger partial charge in [-0.25, -0.2) is 0 Å². The number of para-hydroxylation sites is 1. The molecule has 0 aliphatic heterocycles. The van der Waals surface area contributed by atoms with E-state index in [1.807, 2.05) is 11.3 Å². The van der Waals surface area contributed by atoms with Gasteiger partial charge < -0.3 is 4.90 Å². The maximum Gasteiger partial charge on any atom is 0.0540 e. The van der Waals surface area contributed by atoms with Crippen LogP contribution in [-0.4, -0.2) is 0 Å². The van der Waals surface area contributed by atoms with Crippen molar-refractivity contribution < 1.29 is 0 Å². The molecule has 13 rings (SSSR count). The van der Waals surface area contributed by atoms with Crippen LogP contribution in [0.25, 0.3) is 108 Å². The van der Waals surface area contributed by atoms with Crippen molar-refractivity contribution in [3.05, 3.63) is 249 Å². The Morgan fingerprint density at radius 1 is 0.242 bits per heavy atom. The van der Waals surface area contributed by atoms with Crippen molar-refractivity contribution in [2.75, 3.05) is 4.90 Å². The van der Waals surface area contributed by atoms with Crippen molar-refractivity contribution in [2.24, 2.45) is 0 Å². The number of rotatable bonds is 7. The molecule has 0 atom stereocenters. The van der Waals surface area contributed by atoms with Crippen molar-refractivity contribution in [3.8, 4) is 44.5 Å². The normalized spacial score (nSPS) is 11.6. The van der Waals surface area contributed by atoms with Crippen LogP contribution in [0.2, 0.25) is 0 Å². The number of thiophene rings is 1. The van der Waals surface area contributed by atoms with E-state index in [4.69, 9.17) is 0 Å². The van der Waals surface area contributed by atoms with Gasteiger partial charge in [-0.2, -0.15) is 0 Å². The fourth-order valence-electron chi connectivity index (χ4n) is 10.3. The molecule has 0 fully saturated rings. The second-order valence-corrected chi connectivity index (χ2v) is 18.3. The highest BCUT2D eigenvalue weighted by molar-refractivity contribution is 7.25. The summed E-state index contributed by atoms with van der Waals surface area (Å²) in [6, 6.07) is 91.5. The van der Waals surface area contributed by atoms with E-state index in [1.165, 1.54) is 102 Å². The third kappa shape index (κ3) is 6.45. The minimum absolute atomic E-state index is 1.09. The molecule has 0 saturated carbocycles. The zero-order valence-electron chi connectivity index (χ0n) is 36.0. The van der Waals surface area contributed by atoms with E-state index >= 15 is 0 Å². The van der Waals surface area contributed by atoms with Crippen LogP contribution in [0.15, 0.2) is 249 Å². The van der Waals surface area contributed by atoms with Gasteiger partial charge in [-0.05, 0) is 143 Å². The Kier molecular flexibility index (Phi) is 9.11. The van der Waals surface area contributed by atoms with E-state index in [0.717, 1.165) is 22.6 Å². The first-order valence-corrected chi connectivity index (χ1v) is 23.5. The summed E-state index contributed by atoms with van der Waals surface area (Å²) >= 11 is 1.86. The summed E-state index contributed by atoms with van der Waals surface area (Å²) in [6.07, 6.45) is 0. The molecule has 308 valence electrons. The van der Waals surface area contributed by atoms with Gasteiger partial charge in [0, 0.05) is 37.1 Å². The first kappa shape index (κ1) is 38.2. The molecule has 1 nitrogen and oxygen atoms in total. The Hall–Kier alpha value is -8.30. The van der Waals surface area contributed by atoms with Gasteiger partial charge in [-0.15, -0.1) is 11.3 Å². The summed E-state index contributed by atoms with van der Waals surface area (Å²) < 4.78 is 2.64. The smallest absolute Gasteiger partial charge is 0.0540 e. The standard InChI is InChI=1S/C64H41NS/c1-2-17-51-44(13-1)14-12-24-52(51)47-15-11-16-48(39-47)53-18-7-9-25-62(53)65(50-35-29-43(30-36-50)46-32-38-64-61(41-46)59-23-8-10-26-63(59)66-64)49-33-27-42(28-34-49)45-31-37-58-56-21-4-3-19-54(56)55-20-5-6-22-57(55)60(58)40-45/h1-41H. The molecule has 0 aliphatic rings. The van der Waals surface area contributed by atoms with Gasteiger partial charge in [-0.1, -0.05) is 188 Å². The molecule has 1 aromatic heterocycles. The summed E-state index contributed by atoms with van der Waals surface area (Å²) in [4.78, 5) is 2.42. The molecule has 0 amide bonds. The molecular weight excluding hydrogens is 815 g/mol. The van der Waals surface area contributed by atoms with Gasteiger partial charge in [0.1, 0.15) is 0 Å². The lowest BCUT2D eigenvalue weighted by Crippen LogP contribution is -2.11. The minimum Gasteiger partial charge on any atom is -0.310 e. The van der Waals surface area contributed by atoms with E-state index in [1.54, 1.807) is 0 Å². The average Bonchev–Trinajstić information content (AvgIpc) is 3.77. The van der Waals surface area contributed by atoms with Gasteiger partial charge >= 0.3 is 0 Å². The minimum atomic E-state index is 1.09. The lowest BCUT2D eigenvalue weighted by Gasteiger charge is -2.28. The monoisotopic (exact) mass is 855 g/mol. The first-order chi connectivity index (χ1) is 32.7. The number of fused-ring (bicyclic) bond motifs is 10. The third-order valence-corrected chi connectivity index (χ3v) is 14.6. The number of benzene rings is 12.